The van der Waals surface area contributed by atoms with Crippen LogP contribution < -0.4 is 16.4 Å². The first-order valence-electron chi connectivity index (χ1n) is 21.7. The Balaban J connectivity index is 1.30. The molecule has 8 nitrogen and oxygen atoms in total. The fourth-order valence-electron chi connectivity index (χ4n) is 10.9. The molecular weight excluding hydrogens is 650 g/mol. The molecule has 298 valence electrons. The van der Waals surface area contributed by atoms with Crippen LogP contribution in [0.3, 0.4) is 0 Å². The van der Waals surface area contributed by atoms with E-state index in [1.54, 1.807) is 0 Å². The van der Waals surface area contributed by atoms with Crippen LogP contribution in [0.25, 0.3) is 0 Å². The van der Waals surface area contributed by atoms with Gasteiger partial charge in [-0.15, -0.1) is 0 Å². The van der Waals surface area contributed by atoms with Crippen molar-refractivity contribution in [3.05, 3.63) is 22.8 Å². The molecule has 1 amide bonds. The zero-order chi connectivity index (χ0) is 37.5. The van der Waals surface area contributed by atoms with Gasteiger partial charge >= 0.3 is 5.97 Å². The molecule has 52 heavy (non-hydrogen) atoms. The quantitative estimate of drug-likeness (QED) is 0.0333. The van der Waals surface area contributed by atoms with E-state index in [1.165, 1.54) is 57.4 Å². The van der Waals surface area contributed by atoms with Gasteiger partial charge in [-0.3, -0.25) is 9.59 Å². The summed E-state index contributed by atoms with van der Waals surface area (Å²) >= 11 is 0. The Morgan fingerprint density at radius 2 is 1.33 bits per heavy atom. The number of allylic oxidation sites excluding steroid dienone is 2. The minimum absolute atomic E-state index is 0.0254. The highest BCUT2D eigenvalue weighted by Crippen LogP contribution is 2.60. The molecule has 0 aromatic carbocycles. The van der Waals surface area contributed by atoms with Crippen molar-refractivity contribution in [2.45, 2.75) is 174 Å². The van der Waals surface area contributed by atoms with Crippen LogP contribution in [0.4, 0.5) is 0 Å². The topological polar surface area (TPSA) is 134 Å². The Morgan fingerprint density at radius 3 is 1.96 bits per heavy atom. The largest absolute Gasteiger partial charge is 0.458 e. The van der Waals surface area contributed by atoms with Gasteiger partial charge in [0.1, 0.15) is 6.10 Å². The molecule has 0 aromatic heterocycles. The average molecular weight is 728 g/mol. The van der Waals surface area contributed by atoms with E-state index >= 15 is 0 Å². The van der Waals surface area contributed by atoms with Crippen molar-refractivity contribution in [2.24, 2.45) is 47.2 Å². The van der Waals surface area contributed by atoms with E-state index in [9.17, 15) is 19.8 Å². The number of ether oxygens (including phenoxy) is 1. The molecule has 0 saturated heterocycles. The molecule has 4 rings (SSSR count). The number of nitrogens with one attached hydrogen (secondary N) is 2. The van der Waals surface area contributed by atoms with Gasteiger partial charge in [0.25, 0.3) is 0 Å². The highest BCUT2D eigenvalue weighted by atomic mass is 16.5. The first-order valence-corrected chi connectivity index (χ1v) is 21.7. The molecule has 0 bridgehead atoms. The van der Waals surface area contributed by atoms with E-state index in [2.05, 4.69) is 37.5 Å². The summed E-state index contributed by atoms with van der Waals surface area (Å²) in [6.07, 6.45) is 22.5. The molecule has 4 saturated carbocycles. The van der Waals surface area contributed by atoms with Gasteiger partial charge in [0.15, 0.2) is 0 Å². The maximum atomic E-state index is 14.1. The zero-order valence-corrected chi connectivity index (χ0v) is 33.5. The maximum Gasteiger partial charge on any atom is 0.303 e. The molecule has 7 unspecified atom stereocenters. The van der Waals surface area contributed by atoms with Gasteiger partial charge in [-0.1, -0.05) is 69.9 Å². The minimum Gasteiger partial charge on any atom is -0.458 e. The van der Waals surface area contributed by atoms with Crippen LogP contribution in [0.5, 0.6) is 0 Å². The van der Waals surface area contributed by atoms with Crippen LogP contribution in [0, 0.1) is 41.4 Å². The van der Waals surface area contributed by atoms with Crippen LogP contribution in [-0.2, 0) is 14.3 Å². The van der Waals surface area contributed by atoms with E-state index in [-0.39, 0.29) is 35.7 Å². The molecule has 4 fully saturated rings. The molecular formula is C44H77N3O5. The Morgan fingerprint density at radius 1 is 0.750 bits per heavy atom. The Bertz CT molecular complexity index is 1150. The van der Waals surface area contributed by atoms with Gasteiger partial charge in [-0.2, -0.15) is 0 Å². The first-order chi connectivity index (χ1) is 25.1. The molecule has 0 heterocycles. The summed E-state index contributed by atoms with van der Waals surface area (Å²) in [4.78, 5) is 26.5. The lowest BCUT2D eigenvalue weighted by Gasteiger charge is -2.55. The number of unbranched alkanes of at least 4 members (excludes halogenated alkanes) is 10. The second-order valence-corrected chi connectivity index (χ2v) is 17.3. The number of aliphatic hydroxyl groups is 2. The first kappa shape index (κ1) is 43.0. The van der Waals surface area contributed by atoms with Crippen LogP contribution in [-0.4, -0.2) is 66.6 Å². The molecule has 0 radical (unpaired) electrons. The van der Waals surface area contributed by atoms with Crippen molar-refractivity contribution >= 4 is 11.9 Å². The number of aliphatic hydroxyl groups excluding tert-OH is 2. The molecule has 0 aromatic rings. The monoisotopic (exact) mass is 728 g/mol. The summed E-state index contributed by atoms with van der Waals surface area (Å²) in [7, 11) is 0. The predicted molar refractivity (Wildman–Crippen MR) is 211 cm³/mol. The van der Waals surface area contributed by atoms with E-state index in [0.29, 0.717) is 43.1 Å². The Kier molecular flexibility index (Phi) is 18.7. The average Bonchev–Trinajstić information content (AvgIpc) is 3.45. The third-order valence-corrected chi connectivity index (χ3v) is 13.4. The van der Waals surface area contributed by atoms with E-state index < -0.39 is 12.2 Å². The molecule has 0 aliphatic heterocycles. The third-order valence-electron chi connectivity index (χ3n) is 13.4. The lowest BCUT2D eigenvalue weighted by atomic mass is 9.51. The Labute approximate surface area is 316 Å². The summed E-state index contributed by atoms with van der Waals surface area (Å²) in [6, 6.07) is 0. The molecule has 10 atom stereocenters. The van der Waals surface area contributed by atoms with Gasteiger partial charge in [0.05, 0.1) is 12.2 Å². The summed E-state index contributed by atoms with van der Waals surface area (Å²) in [5.74, 6) is 1.75. The van der Waals surface area contributed by atoms with E-state index in [4.69, 9.17) is 10.5 Å². The smallest absolute Gasteiger partial charge is 0.303 e. The highest BCUT2D eigenvalue weighted by Gasteiger charge is 2.57. The molecule has 4 aliphatic carbocycles. The number of nitrogens with two attached hydrogens (primary N) is 1. The van der Waals surface area contributed by atoms with Crippen molar-refractivity contribution in [2.75, 3.05) is 26.2 Å². The highest BCUT2D eigenvalue weighted by molar-refractivity contribution is 5.94. The number of esters is 1. The lowest BCUT2D eigenvalue weighted by molar-refractivity contribution is -0.145. The number of hydrogen-bond acceptors (Lipinski definition) is 7. The number of fused-ring (bicyclic) bond motifs is 5. The Hall–Kier alpha value is -1.74. The van der Waals surface area contributed by atoms with Crippen LogP contribution >= 0.6 is 0 Å². The van der Waals surface area contributed by atoms with Crippen molar-refractivity contribution in [1.29, 1.82) is 0 Å². The van der Waals surface area contributed by atoms with Gasteiger partial charge < -0.3 is 31.3 Å². The summed E-state index contributed by atoms with van der Waals surface area (Å²) in [6.45, 7) is 11.5. The number of carbonyl (C=O) groups excluding carboxylic acids is 2. The van der Waals surface area contributed by atoms with Crippen LogP contribution in [0.15, 0.2) is 22.8 Å². The number of carbonyl (C=O) groups is 2. The van der Waals surface area contributed by atoms with Gasteiger partial charge in [0.2, 0.25) is 5.91 Å². The standard InChI is InChI=1S/C44H77N3O5/c1-30(2)18-17-19-36(44(51)47-27-16-12-11-15-26-46-25-14-10-8-6-5-7-9-13-24-45)43-38-28-40(50)42-34-22-23-39(49)31(3)33(34)20-21-35(42)37(38)29-41(43)52-32(4)48/h18,31,33-35,37-42,46,49-50H,5-17,19-29,45H2,1-4H3,(H,47,51)/b43-36-/t31-,33?,34?,35?,37?,38?,39+,40+,41?,42?/m0/s1. The number of hydrogen-bond donors (Lipinski definition) is 5. The van der Waals surface area contributed by atoms with Gasteiger partial charge in [-0.25, -0.2) is 0 Å². The molecule has 6 N–H and O–H groups in total. The van der Waals surface area contributed by atoms with Crippen LogP contribution in [0.1, 0.15) is 156 Å². The van der Waals surface area contributed by atoms with Crippen molar-refractivity contribution < 1.29 is 24.5 Å². The fourth-order valence-corrected chi connectivity index (χ4v) is 10.9. The lowest BCUT2D eigenvalue weighted by Crippen LogP contribution is -2.53. The van der Waals surface area contributed by atoms with E-state index in [1.807, 2.05) is 0 Å². The molecule has 8 heteroatoms. The van der Waals surface area contributed by atoms with Gasteiger partial charge in [-0.05, 0) is 158 Å². The minimum atomic E-state index is -0.439. The maximum absolute atomic E-state index is 14.1. The van der Waals surface area contributed by atoms with Gasteiger partial charge in [0, 0.05) is 19.0 Å². The number of rotatable bonds is 22. The van der Waals surface area contributed by atoms with Crippen LogP contribution in [0.2, 0.25) is 0 Å². The third kappa shape index (κ3) is 12.4. The normalized spacial score (nSPS) is 32.0. The fraction of sp³-hybridized carbons (Fsp3) is 0.864. The predicted octanol–water partition coefficient (Wildman–Crippen LogP) is 7.76. The van der Waals surface area contributed by atoms with E-state index in [0.717, 1.165) is 101 Å². The van der Waals surface area contributed by atoms with Crippen molar-refractivity contribution in [3.63, 3.8) is 0 Å². The number of amides is 1. The second-order valence-electron chi connectivity index (χ2n) is 17.3. The molecule has 4 aliphatic rings. The SMILES string of the molecule is CC(=O)OC1CC2C(C[C@@H](O)C3C2CCC2C3CC[C@@H](O)[C@H]2C)/C1=C(\CCC=C(C)C)C(=O)NCCCCCCNCCCCCCCCCCN. The van der Waals surface area contributed by atoms with Crippen molar-refractivity contribution in [3.8, 4) is 0 Å². The zero-order valence-electron chi connectivity index (χ0n) is 33.5. The summed E-state index contributed by atoms with van der Waals surface area (Å²) in [5.41, 5.74) is 8.56. The summed E-state index contributed by atoms with van der Waals surface area (Å²) in [5, 5.41) is 29.4. The second kappa shape index (κ2) is 22.6. The summed E-state index contributed by atoms with van der Waals surface area (Å²) < 4.78 is 6.05. The molecule has 0 spiro atoms. The van der Waals surface area contributed by atoms with Crippen molar-refractivity contribution in [1.82, 2.24) is 10.6 Å².